The molecule has 1 amide bonds. The second-order valence-electron chi connectivity index (χ2n) is 7.35. The van der Waals surface area contributed by atoms with Crippen molar-refractivity contribution in [2.45, 2.75) is 44.4 Å². The Morgan fingerprint density at radius 1 is 1.17 bits per heavy atom. The molecule has 0 unspecified atom stereocenters. The lowest BCUT2D eigenvalue weighted by Crippen LogP contribution is -2.42. The minimum absolute atomic E-state index is 0.0332. The van der Waals surface area contributed by atoms with Crippen molar-refractivity contribution in [1.82, 2.24) is 19.9 Å². The molecular weight excluding hydrogens is 382 g/mol. The Morgan fingerprint density at radius 2 is 1.97 bits per heavy atom. The number of fused-ring (bicyclic) bond motifs is 1. The van der Waals surface area contributed by atoms with Crippen LogP contribution in [-0.2, 0) is 11.3 Å². The summed E-state index contributed by atoms with van der Waals surface area (Å²) in [4.78, 5) is 33.3. The van der Waals surface area contributed by atoms with Gasteiger partial charge < -0.3 is 10.1 Å². The van der Waals surface area contributed by atoms with Crippen LogP contribution in [0.4, 0.5) is 0 Å². The fourth-order valence-electron chi connectivity index (χ4n) is 3.66. The van der Waals surface area contributed by atoms with Crippen LogP contribution in [0.15, 0.2) is 53.7 Å². The number of aromatic nitrogens is 3. The van der Waals surface area contributed by atoms with Gasteiger partial charge in [-0.15, -0.1) is 0 Å². The maximum atomic E-state index is 12.5. The van der Waals surface area contributed by atoms with Gasteiger partial charge in [0, 0.05) is 18.3 Å². The number of ether oxygens (including phenoxy) is 1. The molecule has 1 saturated carbocycles. The van der Waals surface area contributed by atoms with Crippen molar-refractivity contribution in [3.8, 4) is 11.9 Å². The smallest absolute Gasteiger partial charge is 0.261 e. The van der Waals surface area contributed by atoms with E-state index >= 15 is 0 Å². The molecule has 1 aliphatic carbocycles. The molecule has 1 N–H and O–H groups in total. The normalized spacial score (nSPS) is 18.5. The Bertz CT molecular complexity index is 1140. The minimum atomic E-state index is -0.220. The highest BCUT2D eigenvalue weighted by molar-refractivity contribution is 5.79. The number of hydrogen-bond donors (Lipinski definition) is 1. The van der Waals surface area contributed by atoms with Crippen molar-refractivity contribution >= 4 is 16.8 Å². The molecule has 8 nitrogen and oxygen atoms in total. The molecule has 1 aromatic carbocycles. The van der Waals surface area contributed by atoms with E-state index in [1.54, 1.807) is 30.3 Å². The molecule has 8 heteroatoms. The first-order valence-electron chi connectivity index (χ1n) is 9.89. The molecule has 0 aliphatic heterocycles. The van der Waals surface area contributed by atoms with E-state index < -0.39 is 0 Å². The van der Waals surface area contributed by atoms with Crippen LogP contribution >= 0.6 is 0 Å². The molecule has 0 bridgehead atoms. The van der Waals surface area contributed by atoms with Gasteiger partial charge in [-0.25, -0.2) is 9.97 Å². The second kappa shape index (κ2) is 8.74. The average Bonchev–Trinajstić information content (AvgIpc) is 2.78. The Morgan fingerprint density at radius 3 is 2.70 bits per heavy atom. The van der Waals surface area contributed by atoms with Gasteiger partial charge in [-0.05, 0) is 43.9 Å². The van der Waals surface area contributed by atoms with Crippen LogP contribution in [0.3, 0.4) is 0 Å². The second-order valence-corrected chi connectivity index (χ2v) is 7.35. The highest BCUT2D eigenvalue weighted by Crippen LogP contribution is 2.23. The van der Waals surface area contributed by atoms with E-state index in [-0.39, 0.29) is 30.2 Å². The Labute approximate surface area is 173 Å². The van der Waals surface area contributed by atoms with Gasteiger partial charge in [0.25, 0.3) is 5.56 Å². The third-order valence-electron chi connectivity index (χ3n) is 5.24. The number of carbonyl (C=O) groups excluding carboxylic acids is 1. The maximum absolute atomic E-state index is 12.5. The summed E-state index contributed by atoms with van der Waals surface area (Å²) in [5.74, 6) is 0.303. The molecule has 3 aromatic rings. The summed E-state index contributed by atoms with van der Waals surface area (Å²) in [6, 6.07) is 12.5. The van der Waals surface area contributed by atoms with Crippen molar-refractivity contribution in [2.75, 3.05) is 0 Å². The fraction of sp³-hybridized carbons (Fsp3) is 0.318. The van der Waals surface area contributed by atoms with E-state index in [4.69, 9.17) is 10.00 Å². The van der Waals surface area contributed by atoms with Gasteiger partial charge in [0.1, 0.15) is 18.7 Å². The summed E-state index contributed by atoms with van der Waals surface area (Å²) in [7, 11) is 0. The predicted octanol–water partition coefficient (Wildman–Crippen LogP) is 2.17. The van der Waals surface area contributed by atoms with E-state index in [0.717, 1.165) is 25.7 Å². The molecule has 30 heavy (non-hydrogen) atoms. The van der Waals surface area contributed by atoms with E-state index in [0.29, 0.717) is 22.3 Å². The number of para-hydroxylation sites is 1. The molecule has 2 aromatic heterocycles. The summed E-state index contributed by atoms with van der Waals surface area (Å²) < 4.78 is 7.21. The Kier molecular flexibility index (Phi) is 5.70. The van der Waals surface area contributed by atoms with Crippen LogP contribution in [-0.4, -0.2) is 32.6 Å². The van der Waals surface area contributed by atoms with Crippen LogP contribution in [0.2, 0.25) is 0 Å². The zero-order valence-corrected chi connectivity index (χ0v) is 16.3. The zero-order valence-electron chi connectivity index (χ0n) is 16.3. The number of hydrogen-bond acceptors (Lipinski definition) is 6. The number of carbonyl (C=O) groups is 1. The number of pyridine rings is 1. The standard InChI is InChI=1S/C22H21N5O3/c23-11-15-5-10-21(24-12-15)30-17-8-6-16(7-9-17)26-20(28)13-27-14-25-19-4-2-1-3-18(19)22(27)29/h1-5,10,12,14,16-17H,6-9,13H2,(H,26,28). The highest BCUT2D eigenvalue weighted by Gasteiger charge is 2.24. The van der Waals surface area contributed by atoms with Gasteiger partial charge in [0.15, 0.2) is 0 Å². The Balaban J connectivity index is 1.28. The quantitative estimate of drug-likeness (QED) is 0.699. The number of benzene rings is 1. The molecule has 152 valence electrons. The lowest BCUT2D eigenvalue weighted by Gasteiger charge is -2.29. The summed E-state index contributed by atoms with van der Waals surface area (Å²) in [5.41, 5.74) is 0.895. The number of nitriles is 1. The molecule has 0 saturated heterocycles. The minimum Gasteiger partial charge on any atom is -0.474 e. The van der Waals surface area contributed by atoms with E-state index in [1.165, 1.54) is 17.1 Å². The first-order valence-corrected chi connectivity index (χ1v) is 9.89. The maximum Gasteiger partial charge on any atom is 0.261 e. The SMILES string of the molecule is N#Cc1ccc(OC2CCC(NC(=O)Cn3cnc4ccccc4c3=O)CC2)nc1. The topological polar surface area (TPSA) is 110 Å². The van der Waals surface area contributed by atoms with Gasteiger partial charge in [-0.3, -0.25) is 14.2 Å². The molecule has 0 spiro atoms. The monoisotopic (exact) mass is 403 g/mol. The Hall–Kier alpha value is -3.73. The number of rotatable bonds is 5. The molecule has 0 atom stereocenters. The van der Waals surface area contributed by atoms with Crippen LogP contribution in [0.1, 0.15) is 31.2 Å². The van der Waals surface area contributed by atoms with Crippen molar-refractivity contribution in [1.29, 1.82) is 5.26 Å². The van der Waals surface area contributed by atoms with Gasteiger partial charge in [0.05, 0.1) is 22.8 Å². The van der Waals surface area contributed by atoms with Crippen LogP contribution in [0.25, 0.3) is 10.9 Å². The van der Waals surface area contributed by atoms with Gasteiger partial charge in [-0.1, -0.05) is 12.1 Å². The van der Waals surface area contributed by atoms with Crippen molar-refractivity contribution in [3.05, 3.63) is 64.8 Å². The van der Waals surface area contributed by atoms with Crippen molar-refractivity contribution in [2.24, 2.45) is 0 Å². The zero-order chi connectivity index (χ0) is 20.9. The first-order chi connectivity index (χ1) is 14.6. The lowest BCUT2D eigenvalue weighted by atomic mass is 9.93. The van der Waals surface area contributed by atoms with Crippen molar-refractivity contribution in [3.63, 3.8) is 0 Å². The third-order valence-corrected chi connectivity index (χ3v) is 5.24. The third kappa shape index (κ3) is 4.46. The number of nitrogens with zero attached hydrogens (tertiary/aromatic N) is 4. The summed E-state index contributed by atoms with van der Waals surface area (Å²) in [6.07, 6.45) is 6.11. The predicted molar refractivity (Wildman–Crippen MR) is 110 cm³/mol. The van der Waals surface area contributed by atoms with E-state index in [9.17, 15) is 9.59 Å². The average molecular weight is 403 g/mol. The van der Waals surface area contributed by atoms with E-state index in [1.807, 2.05) is 12.1 Å². The summed E-state index contributed by atoms with van der Waals surface area (Å²) in [5, 5.41) is 12.3. The number of amides is 1. The molecular formula is C22H21N5O3. The molecule has 4 rings (SSSR count). The van der Waals surface area contributed by atoms with Gasteiger partial charge in [0.2, 0.25) is 11.8 Å². The van der Waals surface area contributed by atoms with Gasteiger partial charge in [-0.2, -0.15) is 5.26 Å². The van der Waals surface area contributed by atoms with Crippen molar-refractivity contribution < 1.29 is 9.53 Å². The van der Waals surface area contributed by atoms with Crippen LogP contribution in [0.5, 0.6) is 5.88 Å². The highest BCUT2D eigenvalue weighted by atomic mass is 16.5. The molecule has 0 radical (unpaired) electrons. The summed E-state index contributed by atoms with van der Waals surface area (Å²) >= 11 is 0. The molecule has 1 aliphatic rings. The van der Waals surface area contributed by atoms with E-state index in [2.05, 4.69) is 15.3 Å². The largest absolute Gasteiger partial charge is 0.474 e. The van der Waals surface area contributed by atoms with Crippen LogP contribution < -0.4 is 15.6 Å². The summed E-state index contributed by atoms with van der Waals surface area (Å²) in [6.45, 7) is -0.0533. The number of nitrogens with one attached hydrogen (secondary N) is 1. The fourth-order valence-corrected chi connectivity index (χ4v) is 3.66. The van der Waals surface area contributed by atoms with Gasteiger partial charge >= 0.3 is 0 Å². The lowest BCUT2D eigenvalue weighted by molar-refractivity contribution is -0.122. The van der Waals surface area contributed by atoms with Crippen LogP contribution in [0, 0.1) is 11.3 Å². The first kappa shape index (κ1) is 19.6. The molecule has 1 fully saturated rings. The molecule has 2 heterocycles.